The van der Waals surface area contributed by atoms with Crippen LogP contribution < -0.4 is 5.32 Å². The summed E-state index contributed by atoms with van der Waals surface area (Å²) in [7, 11) is 0. The highest BCUT2D eigenvalue weighted by molar-refractivity contribution is 5.89. The number of benzene rings is 1. The Kier molecular flexibility index (Phi) is 4.04. The number of hydrogen-bond acceptors (Lipinski definition) is 2. The lowest BCUT2D eigenvalue weighted by molar-refractivity contribution is -0.136. The van der Waals surface area contributed by atoms with E-state index in [1.807, 2.05) is 11.8 Å². The lowest BCUT2D eigenvalue weighted by atomic mass is 10.1. The molecule has 1 aromatic rings. The number of hydrogen-bond donors (Lipinski definition) is 2. The first-order valence-electron chi connectivity index (χ1n) is 6.44. The number of likely N-dealkylation sites (tertiary alicyclic amines) is 1. The normalized spacial score (nSPS) is 18.4. The minimum absolute atomic E-state index is 0.00259. The second-order valence-electron chi connectivity index (χ2n) is 4.88. The predicted molar refractivity (Wildman–Crippen MR) is 72.2 cm³/mol. The van der Waals surface area contributed by atoms with Crippen molar-refractivity contribution in [3.8, 4) is 0 Å². The van der Waals surface area contributed by atoms with E-state index in [0.29, 0.717) is 5.69 Å². The van der Waals surface area contributed by atoms with Crippen LogP contribution in [0, 0.1) is 0 Å². The zero-order valence-corrected chi connectivity index (χ0v) is 10.9. The molecule has 0 bridgehead atoms. The van der Waals surface area contributed by atoms with E-state index in [-0.39, 0.29) is 18.5 Å². The molecule has 1 fully saturated rings. The summed E-state index contributed by atoms with van der Waals surface area (Å²) in [6.45, 7) is 2.84. The molecule has 1 heterocycles. The molecule has 2 N–H and O–H groups in total. The number of carbonyl (C=O) groups excluding carboxylic acids is 1. The maximum atomic E-state index is 12.0. The van der Waals surface area contributed by atoms with Crippen molar-refractivity contribution in [3.05, 3.63) is 29.8 Å². The molecule has 1 aromatic carbocycles. The number of carboxylic acids is 1. The van der Waals surface area contributed by atoms with E-state index < -0.39 is 5.97 Å². The molecule has 0 radical (unpaired) electrons. The lowest BCUT2D eigenvalue weighted by Gasteiger charge is -2.21. The fourth-order valence-corrected chi connectivity index (χ4v) is 2.31. The van der Waals surface area contributed by atoms with Gasteiger partial charge in [-0.05, 0) is 37.5 Å². The van der Waals surface area contributed by atoms with Crippen LogP contribution >= 0.6 is 0 Å². The number of urea groups is 1. The monoisotopic (exact) mass is 262 g/mol. The molecule has 1 aliphatic heterocycles. The zero-order valence-electron chi connectivity index (χ0n) is 10.9. The van der Waals surface area contributed by atoms with E-state index in [2.05, 4.69) is 5.32 Å². The molecule has 5 nitrogen and oxygen atoms in total. The molecule has 102 valence electrons. The molecule has 2 rings (SSSR count). The van der Waals surface area contributed by atoms with Gasteiger partial charge < -0.3 is 15.3 Å². The van der Waals surface area contributed by atoms with Crippen molar-refractivity contribution in [2.24, 2.45) is 0 Å². The number of aliphatic carboxylic acids is 1. The quantitative estimate of drug-likeness (QED) is 0.878. The Morgan fingerprint density at radius 1 is 1.37 bits per heavy atom. The van der Waals surface area contributed by atoms with Gasteiger partial charge in [-0.2, -0.15) is 0 Å². The molecule has 1 unspecified atom stereocenters. The van der Waals surface area contributed by atoms with Crippen LogP contribution in [0.1, 0.15) is 25.3 Å². The van der Waals surface area contributed by atoms with E-state index in [9.17, 15) is 9.59 Å². The minimum Gasteiger partial charge on any atom is -0.481 e. The third-order valence-electron chi connectivity index (χ3n) is 3.37. The van der Waals surface area contributed by atoms with Crippen molar-refractivity contribution >= 4 is 17.7 Å². The molecule has 19 heavy (non-hydrogen) atoms. The maximum Gasteiger partial charge on any atom is 0.322 e. The maximum absolute atomic E-state index is 12.0. The first-order valence-corrected chi connectivity index (χ1v) is 6.44. The molecule has 0 spiro atoms. The highest BCUT2D eigenvalue weighted by atomic mass is 16.4. The fourth-order valence-electron chi connectivity index (χ4n) is 2.31. The van der Waals surface area contributed by atoms with Crippen LogP contribution in [0.15, 0.2) is 24.3 Å². The highest BCUT2D eigenvalue weighted by Gasteiger charge is 2.24. The molecule has 5 heteroatoms. The average molecular weight is 262 g/mol. The van der Waals surface area contributed by atoms with Crippen LogP contribution in [0.5, 0.6) is 0 Å². The Morgan fingerprint density at radius 3 is 2.58 bits per heavy atom. The smallest absolute Gasteiger partial charge is 0.322 e. The van der Waals surface area contributed by atoms with Crippen molar-refractivity contribution in [1.29, 1.82) is 0 Å². The van der Waals surface area contributed by atoms with Gasteiger partial charge in [0, 0.05) is 18.3 Å². The summed E-state index contributed by atoms with van der Waals surface area (Å²) < 4.78 is 0. The van der Waals surface area contributed by atoms with Gasteiger partial charge in [0.05, 0.1) is 6.42 Å². The standard InChI is InChI=1S/C14H18N2O3/c1-10-3-2-8-16(10)14(19)15-12-6-4-11(5-7-12)9-13(17)18/h4-7,10H,2-3,8-9H2,1H3,(H,15,19)(H,17,18). The van der Waals surface area contributed by atoms with Crippen LogP contribution in [0.25, 0.3) is 0 Å². The SMILES string of the molecule is CC1CCCN1C(=O)Nc1ccc(CC(=O)O)cc1. The summed E-state index contributed by atoms with van der Waals surface area (Å²) in [5.41, 5.74) is 1.42. The summed E-state index contributed by atoms with van der Waals surface area (Å²) >= 11 is 0. The van der Waals surface area contributed by atoms with Crippen LogP contribution in [-0.2, 0) is 11.2 Å². The van der Waals surface area contributed by atoms with E-state index >= 15 is 0 Å². The average Bonchev–Trinajstić information content (AvgIpc) is 2.77. The number of rotatable bonds is 3. The number of carboxylic acid groups (broad SMARTS) is 1. The largest absolute Gasteiger partial charge is 0.481 e. The Balaban J connectivity index is 1.95. The number of nitrogens with one attached hydrogen (secondary N) is 1. The second-order valence-corrected chi connectivity index (χ2v) is 4.88. The molecule has 1 aliphatic rings. The van der Waals surface area contributed by atoms with Crippen LogP contribution in [0.3, 0.4) is 0 Å². The highest BCUT2D eigenvalue weighted by Crippen LogP contribution is 2.18. The van der Waals surface area contributed by atoms with Crippen LogP contribution in [-0.4, -0.2) is 34.6 Å². The van der Waals surface area contributed by atoms with E-state index in [0.717, 1.165) is 24.9 Å². The van der Waals surface area contributed by atoms with Gasteiger partial charge in [0.2, 0.25) is 0 Å². The Bertz CT molecular complexity index is 470. The minimum atomic E-state index is -0.859. The summed E-state index contributed by atoms with van der Waals surface area (Å²) in [4.78, 5) is 24.4. The van der Waals surface area contributed by atoms with Crippen LogP contribution in [0.4, 0.5) is 10.5 Å². The summed E-state index contributed by atoms with van der Waals surface area (Å²) in [6.07, 6.45) is 2.09. The van der Waals surface area contributed by atoms with E-state index in [1.165, 1.54) is 0 Å². The molecule has 0 saturated carbocycles. The third-order valence-corrected chi connectivity index (χ3v) is 3.37. The molecular weight excluding hydrogens is 244 g/mol. The van der Waals surface area contributed by atoms with Gasteiger partial charge in [-0.1, -0.05) is 12.1 Å². The number of carbonyl (C=O) groups is 2. The van der Waals surface area contributed by atoms with Crippen molar-refractivity contribution in [2.45, 2.75) is 32.2 Å². The number of nitrogens with zero attached hydrogens (tertiary/aromatic N) is 1. The second kappa shape index (κ2) is 5.73. The van der Waals surface area contributed by atoms with Crippen molar-refractivity contribution < 1.29 is 14.7 Å². The first-order chi connectivity index (χ1) is 9.06. The van der Waals surface area contributed by atoms with Gasteiger partial charge in [-0.15, -0.1) is 0 Å². The van der Waals surface area contributed by atoms with E-state index in [4.69, 9.17) is 5.11 Å². The summed E-state index contributed by atoms with van der Waals surface area (Å²) in [5, 5.41) is 11.5. The molecule has 1 atom stereocenters. The topological polar surface area (TPSA) is 69.6 Å². The lowest BCUT2D eigenvalue weighted by Crippen LogP contribution is -2.37. The molecule has 1 saturated heterocycles. The summed E-state index contributed by atoms with van der Waals surface area (Å²) in [6, 6.07) is 7.10. The predicted octanol–water partition coefficient (Wildman–Crippen LogP) is 2.33. The first kappa shape index (κ1) is 13.4. The van der Waals surface area contributed by atoms with Gasteiger partial charge in [-0.3, -0.25) is 4.79 Å². The zero-order chi connectivity index (χ0) is 13.8. The number of anilines is 1. The number of amides is 2. The van der Waals surface area contributed by atoms with Gasteiger partial charge in [0.1, 0.15) is 0 Å². The van der Waals surface area contributed by atoms with Crippen molar-refractivity contribution in [3.63, 3.8) is 0 Å². The molecule has 0 aliphatic carbocycles. The van der Waals surface area contributed by atoms with Crippen LogP contribution in [0.2, 0.25) is 0 Å². The Hall–Kier alpha value is -2.04. The Labute approximate surface area is 112 Å². The van der Waals surface area contributed by atoms with E-state index in [1.54, 1.807) is 24.3 Å². The van der Waals surface area contributed by atoms with Gasteiger partial charge in [-0.25, -0.2) is 4.79 Å². The summed E-state index contributed by atoms with van der Waals surface area (Å²) in [5.74, 6) is -0.859. The Morgan fingerprint density at radius 2 is 2.05 bits per heavy atom. The molecule has 0 aromatic heterocycles. The van der Waals surface area contributed by atoms with Gasteiger partial charge >= 0.3 is 12.0 Å². The van der Waals surface area contributed by atoms with Gasteiger partial charge in [0.15, 0.2) is 0 Å². The fraction of sp³-hybridized carbons (Fsp3) is 0.429. The van der Waals surface area contributed by atoms with Crippen molar-refractivity contribution in [1.82, 2.24) is 4.90 Å². The van der Waals surface area contributed by atoms with Gasteiger partial charge in [0.25, 0.3) is 0 Å². The molecular formula is C14H18N2O3. The molecule has 2 amide bonds. The third kappa shape index (κ3) is 3.47. The van der Waals surface area contributed by atoms with Crippen molar-refractivity contribution in [2.75, 3.05) is 11.9 Å².